The monoisotopic (exact) mass is 165 g/mol. The number of hydrogen-bond donors (Lipinski definition) is 2. The average molecular weight is 165 g/mol. The Balaban J connectivity index is 2.72. The highest BCUT2D eigenvalue weighted by molar-refractivity contribution is 5.48. The van der Waals surface area contributed by atoms with E-state index in [9.17, 15) is 0 Å². The van der Waals surface area contributed by atoms with Crippen molar-refractivity contribution >= 4 is 5.69 Å². The molecule has 0 amide bonds. The van der Waals surface area contributed by atoms with Gasteiger partial charge in [0.2, 0.25) is 0 Å². The maximum Gasteiger partial charge on any atom is 0.0604 e. The van der Waals surface area contributed by atoms with E-state index in [2.05, 4.69) is 37.4 Å². The molecule has 0 saturated heterocycles. The molecule has 66 valence electrons. The second kappa shape index (κ2) is 4.12. The highest BCUT2D eigenvalue weighted by atomic mass is 16.3. The van der Waals surface area contributed by atoms with Crippen LogP contribution in [-0.2, 0) is 0 Å². The van der Waals surface area contributed by atoms with E-state index >= 15 is 0 Å². The van der Waals surface area contributed by atoms with Crippen molar-refractivity contribution in [2.24, 2.45) is 0 Å². The van der Waals surface area contributed by atoms with Gasteiger partial charge in [-0.05, 0) is 37.1 Å². The Morgan fingerprint density at radius 1 is 1.17 bits per heavy atom. The maximum atomic E-state index is 8.60. The van der Waals surface area contributed by atoms with Crippen molar-refractivity contribution in [3.63, 3.8) is 0 Å². The van der Waals surface area contributed by atoms with Crippen molar-refractivity contribution in [1.82, 2.24) is 0 Å². The van der Waals surface area contributed by atoms with Crippen LogP contribution in [0, 0.1) is 13.8 Å². The summed E-state index contributed by atoms with van der Waals surface area (Å²) in [5.41, 5.74) is 3.58. The number of aliphatic hydroxyl groups is 1. The Hall–Kier alpha value is -1.02. The minimum absolute atomic E-state index is 0.174. The molecule has 0 atom stereocenters. The van der Waals surface area contributed by atoms with Crippen LogP contribution in [0.4, 0.5) is 5.69 Å². The van der Waals surface area contributed by atoms with E-state index in [0.29, 0.717) is 6.54 Å². The zero-order valence-electron chi connectivity index (χ0n) is 7.59. The fourth-order valence-corrected chi connectivity index (χ4v) is 1.28. The Bertz CT molecular complexity index is 238. The second-order valence-electron chi connectivity index (χ2n) is 3.03. The van der Waals surface area contributed by atoms with Gasteiger partial charge in [0.15, 0.2) is 0 Å². The van der Waals surface area contributed by atoms with Gasteiger partial charge in [-0.2, -0.15) is 0 Å². The summed E-state index contributed by atoms with van der Waals surface area (Å²) in [7, 11) is 0. The molecule has 0 spiro atoms. The normalized spacial score (nSPS) is 9.92. The van der Waals surface area contributed by atoms with Crippen molar-refractivity contribution in [2.75, 3.05) is 18.5 Å². The molecule has 12 heavy (non-hydrogen) atoms. The summed E-state index contributed by atoms with van der Waals surface area (Å²) in [6.07, 6.45) is 0. The summed E-state index contributed by atoms with van der Waals surface area (Å²) in [6.45, 7) is 4.92. The van der Waals surface area contributed by atoms with Gasteiger partial charge in [-0.1, -0.05) is 6.07 Å². The van der Waals surface area contributed by atoms with E-state index in [1.807, 2.05) is 0 Å². The Labute approximate surface area is 73.2 Å². The van der Waals surface area contributed by atoms with Crippen molar-refractivity contribution < 1.29 is 5.11 Å². The number of aryl methyl sites for hydroxylation is 2. The standard InChI is InChI=1S/C10H15NO/c1-8-5-9(2)7-10(6-8)11-3-4-12/h5-7,11-12H,3-4H2,1-2H3. The summed E-state index contributed by atoms with van der Waals surface area (Å²) in [5, 5.41) is 11.7. The van der Waals surface area contributed by atoms with Crippen LogP contribution in [0.5, 0.6) is 0 Å². The van der Waals surface area contributed by atoms with Crippen LogP contribution in [-0.4, -0.2) is 18.3 Å². The molecular weight excluding hydrogens is 150 g/mol. The number of rotatable bonds is 3. The molecular formula is C10H15NO. The van der Waals surface area contributed by atoms with Crippen LogP contribution in [0.15, 0.2) is 18.2 Å². The predicted molar refractivity (Wildman–Crippen MR) is 51.5 cm³/mol. The third-order valence-electron chi connectivity index (χ3n) is 1.66. The van der Waals surface area contributed by atoms with Gasteiger partial charge in [0.05, 0.1) is 6.61 Å². The first kappa shape index (κ1) is 9.07. The van der Waals surface area contributed by atoms with Crippen LogP contribution < -0.4 is 5.32 Å². The molecule has 0 heterocycles. The summed E-state index contributed by atoms with van der Waals surface area (Å²) in [6, 6.07) is 6.27. The highest BCUT2D eigenvalue weighted by Crippen LogP contribution is 2.12. The van der Waals surface area contributed by atoms with Gasteiger partial charge in [-0.15, -0.1) is 0 Å². The summed E-state index contributed by atoms with van der Waals surface area (Å²) >= 11 is 0. The topological polar surface area (TPSA) is 32.3 Å². The van der Waals surface area contributed by atoms with Gasteiger partial charge >= 0.3 is 0 Å². The third kappa shape index (κ3) is 2.55. The van der Waals surface area contributed by atoms with Crippen LogP contribution in [0.3, 0.4) is 0 Å². The summed E-state index contributed by atoms with van der Waals surface area (Å²) in [4.78, 5) is 0. The van der Waals surface area contributed by atoms with Gasteiger partial charge in [0.25, 0.3) is 0 Å². The fourth-order valence-electron chi connectivity index (χ4n) is 1.28. The molecule has 0 fully saturated rings. The largest absolute Gasteiger partial charge is 0.395 e. The van der Waals surface area contributed by atoms with Crippen LogP contribution in [0.2, 0.25) is 0 Å². The smallest absolute Gasteiger partial charge is 0.0604 e. The second-order valence-corrected chi connectivity index (χ2v) is 3.03. The van der Waals surface area contributed by atoms with Gasteiger partial charge in [0, 0.05) is 12.2 Å². The van der Waals surface area contributed by atoms with Gasteiger partial charge in [-0.25, -0.2) is 0 Å². The number of hydrogen-bond acceptors (Lipinski definition) is 2. The van der Waals surface area contributed by atoms with E-state index in [-0.39, 0.29) is 6.61 Å². The lowest BCUT2D eigenvalue weighted by molar-refractivity contribution is 0.311. The molecule has 0 saturated carbocycles. The Morgan fingerprint density at radius 3 is 2.25 bits per heavy atom. The van der Waals surface area contributed by atoms with Crippen molar-refractivity contribution in [1.29, 1.82) is 0 Å². The van der Waals surface area contributed by atoms with Crippen LogP contribution >= 0.6 is 0 Å². The molecule has 0 unspecified atom stereocenters. The third-order valence-corrected chi connectivity index (χ3v) is 1.66. The molecule has 2 nitrogen and oxygen atoms in total. The number of anilines is 1. The van der Waals surface area contributed by atoms with E-state index in [4.69, 9.17) is 5.11 Å². The molecule has 1 rings (SSSR count). The van der Waals surface area contributed by atoms with Crippen molar-refractivity contribution in [2.45, 2.75) is 13.8 Å². The number of aliphatic hydroxyl groups excluding tert-OH is 1. The first-order chi connectivity index (χ1) is 5.72. The van der Waals surface area contributed by atoms with Crippen molar-refractivity contribution in [3.8, 4) is 0 Å². The van der Waals surface area contributed by atoms with Gasteiger partial charge in [0.1, 0.15) is 0 Å². The van der Waals surface area contributed by atoms with E-state index in [0.717, 1.165) is 5.69 Å². The van der Waals surface area contributed by atoms with Crippen molar-refractivity contribution in [3.05, 3.63) is 29.3 Å². The number of benzene rings is 1. The van der Waals surface area contributed by atoms with Crippen LogP contribution in [0.1, 0.15) is 11.1 Å². The maximum absolute atomic E-state index is 8.60. The summed E-state index contributed by atoms with van der Waals surface area (Å²) in [5.74, 6) is 0. The zero-order valence-corrected chi connectivity index (χ0v) is 7.59. The number of nitrogens with one attached hydrogen (secondary N) is 1. The Kier molecular flexibility index (Phi) is 3.11. The molecule has 0 aliphatic carbocycles. The summed E-state index contributed by atoms with van der Waals surface area (Å²) < 4.78 is 0. The quantitative estimate of drug-likeness (QED) is 0.714. The Morgan fingerprint density at radius 2 is 1.75 bits per heavy atom. The molecule has 1 aromatic carbocycles. The lowest BCUT2D eigenvalue weighted by atomic mass is 10.1. The minimum Gasteiger partial charge on any atom is -0.395 e. The molecule has 0 radical (unpaired) electrons. The molecule has 2 heteroatoms. The minimum atomic E-state index is 0.174. The fraction of sp³-hybridized carbons (Fsp3) is 0.400. The van der Waals surface area contributed by atoms with E-state index in [1.165, 1.54) is 11.1 Å². The first-order valence-corrected chi connectivity index (χ1v) is 4.15. The highest BCUT2D eigenvalue weighted by Gasteiger charge is 1.93. The molecule has 0 aliphatic rings. The van der Waals surface area contributed by atoms with E-state index < -0.39 is 0 Å². The van der Waals surface area contributed by atoms with Crippen LogP contribution in [0.25, 0.3) is 0 Å². The van der Waals surface area contributed by atoms with Gasteiger partial charge < -0.3 is 10.4 Å². The average Bonchev–Trinajstić information content (AvgIpc) is 1.99. The predicted octanol–water partition coefficient (Wildman–Crippen LogP) is 1.71. The van der Waals surface area contributed by atoms with Gasteiger partial charge in [-0.3, -0.25) is 0 Å². The molecule has 0 bridgehead atoms. The zero-order chi connectivity index (χ0) is 8.97. The lowest BCUT2D eigenvalue weighted by Crippen LogP contribution is -2.05. The lowest BCUT2D eigenvalue weighted by Gasteiger charge is -2.06. The first-order valence-electron chi connectivity index (χ1n) is 4.15. The SMILES string of the molecule is Cc1cc(C)cc(NCCO)c1. The van der Waals surface area contributed by atoms with E-state index in [1.54, 1.807) is 0 Å². The molecule has 0 aliphatic heterocycles. The molecule has 2 N–H and O–H groups in total. The molecule has 0 aromatic heterocycles. The molecule has 1 aromatic rings.